The summed E-state index contributed by atoms with van der Waals surface area (Å²) >= 11 is 7.30. The molecule has 78 valence electrons. The summed E-state index contributed by atoms with van der Waals surface area (Å²) in [7, 11) is 0. The molecule has 14 heavy (non-hydrogen) atoms. The van der Waals surface area contributed by atoms with E-state index >= 15 is 0 Å². The third kappa shape index (κ3) is 2.22. The lowest BCUT2D eigenvalue weighted by Crippen LogP contribution is -2.34. The smallest absolute Gasteiger partial charge is 0.0755 e. The van der Waals surface area contributed by atoms with Gasteiger partial charge in [0.1, 0.15) is 0 Å². The van der Waals surface area contributed by atoms with Crippen molar-refractivity contribution >= 4 is 31.9 Å². The Kier molecular flexibility index (Phi) is 4.20. The minimum atomic E-state index is 0.126. The Balaban J connectivity index is 3.13. The lowest BCUT2D eigenvalue weighted by Gasteiger charge is -2.36. The lowest BCUT2D eigenvalue weighted by molar-refractivity contribution is 0.372. The lowest BCUT2D eigenvalue weighted by atomic mass is 9.75. The zero-order chi connectivity index (χ0) is 10.8. The SMILES string of the molecule is CC(C)C(C)(c1ccccc1)C(Br)Br. The standard InChI is InChI=1S/C12H16Br2/c1-9(2)12(3,11(13)14)10-7-5-4-6-8-10/h4-9,11H,1-3H3. The van der Waals surface area contributed by atoms with Crippen molar-refractivity contribution in [3.8, 4) is 0 Å². The maximum Gasteiger partial charge on any atom is 0.0793 e. The van der Waals surface area contributed by atoms with E-state index in [9.17, 15) is 0 Å². The van der Waals surface area contributed by atoms with Gasteiger partial charge in [-0.2, -0.15) is 0 Å². The summed E-state index contributed by atoms with van der Waals surface area (Å²) in [5.41, 5.74) is 1.50. The molecule has 0 radical (unpaired) electrons. The van der Waals surface area contributed by atoms with Crippen LogP contribution < -0.4 is 0 Å². The quantitative estimate of drug-likeness (QED) is 0.707. The predicted molar refractivity (Wildman–Crippen MR) is 70.3 cm³/mol. The number of halogens is 2. The molecule has 0 saturated carbocycles. The first-order chi connectivity index (χ1) is 6.49. The highest BCUT2D eigenvalue weighted by atomic mass is 79.9. The highest BCUT2D eigenvalue weighted by Crippen LogP contribution is 2.41. The Bertz CT molecular complexity index is 270. The van der Waals surface area contributed by atoms with Crippen LogP contribution in [0, 0.1) is 5.92 Å². The second-order valence-electron chi connectivity index (χ2n) is 4.10. The molecule has 1 rings (SSSR count). The summed E-state index contributed by atoms with van der Waals surface area (Å²) in [6, 6.07) is 10.6. The summed E-state index contributed by atoms with van der Waals surface area (Å²) in [5.74, 6) is 0.577. The monoisotopic (exact) mass is 318 g/mol. The van der Waals surface area contributed by atoms with Crippen LogP contribution in [0.15, 0.2) is 30.3 Å². The van der Waals surface area contributed by atoms with Gasteiger partial charge in [0.25, 0.3) is 0 Å². The van der Waals surface area contributed by atoms with Crippen LogP contribution in [0.5, 0.6) is 0 Å². The molecule has 1 aromatic rings. The van der Waals surface area contributed by atoms with E-state index in [0.29, 0.717) is 9.65 Å². The molecule has 1 aromatic carbocycles. The Labute approximate surface area is 103 Å². The van der Waals surface area contributed by atoms with Gasteiger partial charge in [0.15, 0.2) is 0 Å². The molecule has 0 heterocycles. The maximum atomic E-state index is 3.65. The average molecular weight is 320 g/mol. The van der Waals surface area contributed by atoms with E-state index in [0.717, 1.165) is 0 Å². The van der Waals surface area contributed by atoms with Crippen molar-refractivity contribution in [1.29, 1.82) is 0 Å². The normalized spacial score (nSPS) is 15.9. The second-order valence-corrected chi connectivity index (χ2v) is 7.16. The van der Waals surface area contributed by atoms with E-state index in [2.05, 4.69) is 83.0 Å². The van der Waals surface area contributed by atoms with Crippen LogP contribution in [-0.4, -0.2) is 3.74 Å². The summed E-state index contributed by atoms with van der Waals surface area (Å²) in [6.45, 7) is 6.78. The van der Waals surface area contributed by atoms with Crippen molar-refractivity contribution in [2.24, 2.45) is 5.92 Å². The Hall–Kier alpha value is 0.180. The van der Waals surface area contributed by atoms with Gasteiger partial charge in [-0.15, -0.1) is 0 Å². The van der Waals surface area contributed by atoms with Gasteiger partial charge in [0.2, 0.25) is 0 Å². The van der Waals surface area contributed by atoms with E-state index in [1.165, 1.54) is 5.56 Å². The second kappa shape index (κ2) is 4.80. The molecule has 1 unspecified atom stereocenters. The van der Waals surface area contributed by atoms with E-state index in [1.807, 2.05) is 0 Å². The summed E-state index contributed by atoms with van der Waals surface area (Å²) in [6.07, 6.45) is 0. The number of benzene rings is 1. The first-order valence-electron chi connectivity index (χ1n) is 4.83. The van der Waals surface area contributed by atoms with Crippen LogP contribution in [0.25, 0.3) is 0 Å². The van der Waals surface area contributed by atoms with Gasteiger partial charge in [-0.05, 0) is 11.5 Å². The minimum absolute atomic E-state index is 0.126. The summed E-state index contributed by atoms with van der Waals surface area (Å²) in [5, 5.41) is 0. The van der Waals surface area contributed by atoms with Gasteiger partial charge >= 0.3 is 0 Å². The first-order valence-corrected chi connectivity index (χ1v) is 6.66. The van der Waals surface area contributed by atoms with E-state index in [4.69, 9.17) is 0 Å². The van der Waals surface area contributed by atoms with Crippen LogP contribution in [0.4, 0.5) is 0 Å². The fraction of sp³-hybridized carbons (Fsp3) is 0.500. The van der Waals surface area contributed by atoms with Gasteiger partial charge in [-0.25, -0.2) is 0 Å². The van der Waals surface area contributed by atoms with Crippen molar-refractivity contribution in [2.45, 2.75) is 29.9 Å². The third-order valence-electron chi connectivity index (χ3n) is 3.05. The molecular weight excluding hydrogens is 304 g/mol. The van der Waals surface area contributed by atoms with Gasteiger partial charge in [-0.1, -0.05) is 83.0 Å². The molecule has 0 nitrogen and oxygen atoms in total. The molecule has 1 atom stereocenters. The Morgan fingerprint density at radius 3 is 1.93 bits per heavy atom. The molecule has 0 saturated heterocycles. The average Bonchev–Trinajstić information content (AvgIpc) is 2.17. The van der Waals surface area contributed by atoms with Gasteiger partial charge in [0, 0.05) is 5.41 Å². The third-order valence-corrected chi connectivity index (χ3v) is 4.95. The molecule has 0 aliphatic rings. The summed E-state index contributed by atoms with van der Waals surface area (Å²) < 4.78 is 0.296. The van der Waals surface area contributed by atoms with Crippen LogP contribution in [0.3, 0.4) is 0 Å². The van der Waals surface area contributed by atoms with Crippen molar-refractivity contribution < 1.29 is 0 Å². The van der Waals surface area contributed by atoms with Gasteiger partial charge in [0.05, 0.1) is 3.74 Å². The Morgan fingerprint density at radius 2 is 1.57 bits per heavy atom. The molecule has 0 aliphatic heterocycles. The van der Waals surface area contributed by atoms with Crippen molar-refractivity contribution in [2.75, 3.05) is 0 Å². The molecule has 0 spiro atoms. The minimum Gasteiger partial charge on any atom is -0.0755 e. The number of alkyl halides is 2. The largest absolute Gasteiger partial charge is 0.0793 e. The van der Waals surface area contributed by atoms with Crippen LogP contribution in [0.1, 0.15) is 26.3 Å². The molecule has 0 aromatic heterocycles. The zero-order valence-electron chi connectivity index (χ0n) is 8.80. The van der Waals surface area contributed by atoms with E-state index in [1.54, 1.807) is 0 Å². The number of rotatable bonds is 3. The molecule has 0 N–H and O–H groups in total. The number of hydrogen-bond donors (Lipinski definition) is 0. The fourth-order valence-electron chi connectivity index (χ4n) is 1.51. The number of hydrogen-bond acceptors (Lipinski definition) is 0. The Morgan fingerprint density at radius 1 is 1.07 bits per heavy atom. The molecule has 0 aliphatic carbocycles. The fourth-order valence-corrected chi connectivity index (χ4v) is 3.09. The highest BCUT2D eigenvalue weighted by molar-refractivity contribution is 9.24. The first kappa shape index (κ1) is 12.3. The van der Waals surface area contributed by atoms with Crippen molar-refractivity contribution in [3.63, 3.8) is 0 Å². The zero-order valence-corrected chi connectivity index (χ0v) is 12.0. The van der Waals surface area contributed by atoms with Crippen molar-refractivity contribution in [1.82, 2.24) is 0 Å². The molecular formula is C12H16Br2. The molecule has 2 heteroatoms. The maximum absolute atomic E-state index is 3.65. The molecule has 0 amide bonds. The van der Waals surface area contributed by atoms with Gasteiger partial charge < -0.3 is 0 Å². The molecule has 0 fully saturated rings. The van der Waals surface area contributed by atoms with Crippen LogP contribution >= 0.6 is 31.9 Å². The van der Waals surface area contributed by atoms with Crippen molar-refractivity contribution in [3.05, 3.63) is 35.9 Å². The van der Waals surface area contributed by atoms with E-state index in [-0.39, 0.29) is 5.41 Å². The predicted octanol–water partition coefficient (Wildman–Crippen LogP) is 4.72. The molecule has 0 bridgehead atoms. The summed E-state index contributed by atoms with van der Waals surface area (Å²) in [4.78, 5) is 0. The van der Waals surface area contributed by atoms with Gasteiger partial charge in [-0.3, -0.25) is 0 Å². The van der Waals surface area contributed by atoms with E-state index < -0.39 is 0 Å². The van der Waals surface area contributed by atoms with Crippen LogP contribution in [-0.2, 0) is 5.41 Å². The van der Waals surface area contributed by atoms with Crippen LogP contribution in [0.2, 0.25) is 0 Å². The topological polar surface area (TPSA) is 0 Å². The highest BCUT2D eigenvalue weighted by Gasteiger charge is 2.35.